The third kappa shape index (κ3) is 93.5. The Labute approximate surface area is 726 Å². The second-order valence-corrected chi connectivity index (χ2v) is 34.3. The van der Waals surface area contributed by atoms with Crippen LogP contribution in [-0.4, -0.2) is 95.9 Å². The minimum absolute atomic E-state index is 0.0922. The molecule has 16 nitrogen and oxygen atoms in total. The van der Waals surface area contributed by atoms with Crippen LogP contribution in [0.3, 0.4) is 0 Å². The van der Waals surface area contributed by atoms with E-state index in [2.05, 4.69) is 191 Å². The molecule has 0 saturated heterocycles. The fourth-order valence-electron chi connectivity index (χ4n) is 12.7. The standard InChI is InChI=1S/C101H172O16P2/c1-4-7-10-13-16-19-22-25-28-31-34-37-40-43-44-45-46-47-48-49-50-53-55-57-60-63-66-69-72-75-78-81-84-87-99(104)111-90-96(102)91-113-118(107,108)114-92-97(103)93-115-119(109,110)116-95-98(117-101(106)89-86-83-80-77-74-71-68-65-62-59-56-52-42-39-36-33-30-27-24-21-18-15-12-9-6-3)94-112-100(105)88-85-82-79-76-73-70-67-64-61-58-54-51-41-38-35-32-29-26-23-20-17-14-11-8-5-2/h7,10,16-21,25-30,34-39,43-44,46-47,51-52,54,56,96-98,102-103H,4-6,8-9,11-15,22-24,31-33,40-42,45,48-50,53,55,57-95H2,1-3H3,(H,107,108)(H,109,110)/b10-7-,19-16-,20-17-,21-18-,28-25-,29-26-,30-27-,37-34-,38-35-,39-36-,44-43-,47-46-,54-51-,56-52-. The summed E-state index contributed by atoms with van der Waals surface area (Å²) in [6, 6.07) is 0. The summed E-state index contributed by atoms with van der Waals surface area (Å²) in [5, 5.41) is 20.8. The molecular formula is C101H172O16P2. The molecule has 0 amide bonds. The number of aliphatic hydroxyl groups is 2. The molecule has 18 heteroatoms. The van der Waals surface area contributed by atoms with Crippen molar-refractivity contribution < 1.29 is 75.8 Å². The van der Waals surface area contributed by atoms with E-state index in [1.54, 1.807) is 0 Å². The second-order valence-electron chi connectivity index (χ2n) is 31.4. The first-order chi connectivity index (χ1) is 58.2. The summed E-state index contributed by atoms with van der Waals surface area (Å²) in [6.07, 6.45) is 120. The van der Waals surface area contributed by atoms with Crippen LogP contribution in [0.25, 0.3) is 0 Å². The molecule has 0 aromatic rings. The van der Waals surface area contributed by atoms with Crippen LogP contribution in [0.1, 0.15) is 393 Å². The molecule has 5 atom stereocenters. The quantitative estimate of drug-likeness (QED) is 0.0146. The van der Waals surface area contributed by atoms with E-state index >= 15 is 0 Å². The fourth-order valence-corrected chi connectivity index (χ4v) is 14.3. The molecule has 0 spiro atoms. The van der Waals surface area contributed by atoms with Crippen LogP contribution in [0.2, 0.25) is 0 Å². The molecule has 4 N–H and O–H groups in total. The highest BCUT2D eigenvalue weighted by Gasteiger charge is 2.29. The number of esters is 3. The number of hydrogen-bond acceptors (Lipinski definition) is 14. The molecule has 0 fully saturated rings. The Morgan fingerprint density at radius 3 is 0.706 bits per heavy atom. The topological polar surface area (TPSA) is 231 Å². The van der Waals surface area contributed by atoms with Crippen molar-refractivity contribution in [2.45, 2.75) is 411 Å². The van der Waals surface area contributed by atoms with Crippen molar-refractivity contribution >= 4 is 33.6 Å². The lowest BCUT2D eigenvalue weighted by atomic mass is 10.0. The molecule has 0 rings (SSSR count). The van der Waals surface area contributed by atoms with Gasteiger partial charge in [0.15, 0.2) is 6.10 Å². The van der Waals surface area contributed by atoms with Crippen molar-refractivity contribution in [1.82, 2.24) is 0 Å². The summed E-state index contributed by atoms with van der Waals surface area (Å²) in [6.45, 7) is 2.55. The average molecular weight is 1700 g/mol. The highest BCUT2D eigenvalue weighted by molar-refractivity contribution is 7.47. The molecule has 119 heavy (non-hydrogen) atoms. The largest absolute Gasteiger partial charge is 0.472 e. The minimum atomic E-state index is -4.95. The number of carbonyl (C=O) groups excluding carboxylic acids is 3. The molecule has 5 unspecified atom stereocenters. The first-order valence-electron chi connectivity index (χ1n) is 47.4. The summed E-state index contributed by atoms with van der Waals surface area (Å²) in [5.74, 6) is -1.58. The Balaban J connectivity index is 4.61. The van der Waals surface area contributed by atoms with Gasteiger partial charge in [0.25, 0.3) is 0 Å². The van der Waals surface area contributed by atoms with Crippen LogP contribution in [0.4, 0.5) is 0 Å². The Bertz CT molecular complexity index is 2840. The maximum atomic E-state index is 13.1. The second kappa shape index (κ2) is 92.1. The fraction of sp³-hybridized carbons (Fsp3) is 0.693. The number of phosphoric ester groups is 2. The molecule has 682 valence electrons. The first-order valence-corrected chi connectivity index (χ1v) is 50.4. The first kappa shape index (κ1) is 114. The van der Waals surface area contributed by atoms with Crippen LogP contribution >= 0.6 is 15.6 Å². The molecule has 0 aliphatic rings. The van der Waals surface area contributed by atoms with Crippen molar-refractivity contribution in [1.29, 1.82) is 0 Å². The van der Waals surface area contributed by atoms with Crippen molar-refractivity contribution in [3.63, 3.8) is 0 Å². The summed E-state index contributed by atoms with van der Waals surface area (Å²) < 4.78 is 61.5. The zero-order valence-corrected chi connectivity index (χ0v) is 77.0. The molecule has 0 aliphatic heterocycles. The molecule has 0 saturated carbocycles. The van der Waals surface area contributed by atoms with Gasteiger partial charge >= 0.3 is 33.6 Å². The van der Waals surface area contributed by atoms with Gasteiger partial charge < -0.3 is 34.2 Å². The summed E-state index contributed by atoms with van der Waals surface area (Å²) in [7, 11) is -9.82. The van der Waals surface area contributed by atoms with Crippen molar-refractivity contribution in [2.24, 2.45) is 0 Å². The van der Waals surface area contributed by atoms with Gasteiger partial charge in [-0.2, -0.15) is 0 Å². The Morgan fingerprint density at radius 1 is 0.244 bits per heavy atom. The van der Waals surface area contributed by atoms with Gasteiger partial charge in [-0.25, -0.2) is 9.13 Å². The zero-order valence-electron chi connectivity index (χ0n) is 75.2. The monoisotopic (exact) mass is 1700 g/mol. The van der Waals surface area contributed by atoms with Crippen molar-refractivity contribution in [3.8, 4) is 0 Å². The summed E-state index contributed by atoms with van der Waals surface area (Å²) in [5.41, 5.74) is 0. The third-order valence-electron chi connectivity index (χ3n) is 19.9. The Hall–Kier alpha value is -5.09. The number of unbranched alkanes of at least 4 members (excludes halogenated alkanes) is 38. The normalized spacial score (nSPS) is 14.5. The van der Waals surface area contributed by atoms with Crippen LogP contribution in [-0.2, 0) is 55.8 Å². The van der Waals surface area contributed by atoms with E-state index in [9.17, 15) is 43.5 Å². The van der Waals surface area contributed by atoms with Crippen LogP contribution in [0.15, 0.2) is 170 Å². The molecule has 0 heterocycles. The molecule has 0 bridgehead atoms. The SMILES string of the molecule is CC/C=C\C/C=C\C/C=C\C/C=C\C/C=C\C/C=C\CCCCCCCCCCCCCCCCC(=O)OCC(O)COP(=O)(O)OCC(O)COP(=O)(O)OCC(COC(=O)CCCCCCCCCCC/C=C\C/C=C\C/C=C\C/C=C\CCCCC)OC(=O)CCCCCCCCCCC/C=C\C/C=C\C/C=C\C/C=C\CCCCC. The molecule has 0 aromatic heterocycles. The van der Waals surface area contributed by atoms with E-state index in [-0.39, 0.29) is 19.3 Å². The molecule has 0 aliphatic carbocycles. The van der Waals surface area contributed by atoms with Gasteiger partial charge in [0.2, 0.25) is 0 Å². The van der Waals surface area contributed by atoms with Gasteiger partial charge in [-0.1, -0.05) is 384 Å². The van der Waals surface area contributed by atoms with Crippen LogP contribution < -0.4 is 0 Å². The number of ether oxygens (including phenoxy) is 3. The summed E-state index contributed by atoms with van der Waals surface area (Å²) in [4.78, 5) is 59.1. The predicted octanol–water partition coefficient (Wildman–Crippen LogP) is 29.4. The zero-order chi connectivity index (χ0) is 86.5. The molecule has 0 radical (unpaired) electrons. The van der Waals surface area contributed by atoms with E-state index in [4.69, 9.17) is 32.3 Å². The minimum Gasteiger partial charge on any atom is -0.463 e. The number of aliphatic hydroxyl groups excluding tert-OH is 2. The van der Waals surface area contributed by atoms with Crippen LogP contribution in [0.5, 0.6) is 0 Å². The third-order valence-corrected chi connectivity index (χ3v) is 21.8. The van der Waals surface area contributed by atoms with E-state index in [0.29, 0.717) is 19.3 Å². The average Bonchev–Trinajstić information content (AvgIpc) is 0.902. The predicted molar refractivity (Wildman–Crippen MR) is 500 cm³/mol. The molecular weight excluding hydrogens is 1530 g/mol. The maximum absolute atomic E-state index is 13.1. The highest BCUT2D eigenvalue weighted by atomic mass is 31.2. The highest BCUT2D eigenvalue weighted by Crippen LogP contribution is 2.45. The number of phosphoric acid groups is 2. The van der Waals surface area contributed by atoms with E-state index in [1.165, 1.54) is 167 Å². The maximum Gasteiger partial charge on any atom is 0.472 e. The van der Waals surface area contributed by atoms with Gasteiger partial charge in [0.05, 0.1) is 26.4 Å². The number of rotatable bonds is 89. The van der Waals surface area contributed by atoms with E-state index in [0.717, 1.165) is 167 Å². The number of carbonyl (C=O) groups is 3. The van der Waals surface area contributed by atoms with Gasteiger partial charge in [-0.05, 0) is 161 Å². The van der Waals surface area contributed by atoms with Crippen molar-refractivity contribution in [2.75, 3.05) is 39.6 Å². The van der Waals surface area contributed by atoms with E-state index < -0.39 is 91.5 Å². The Kier molecular flexibility index (Phi) is 88.2. The van der Waals surface area contributed by atoms with Gasteiger partial charge in [0, 0.05) is 19.3 Å². The van der Waals surface area contributed by atoms with E-state index in [1.807, 2.05) is 0 Å². The number of hydrogen-bond donors (Lipinski definition) is 4. The summed E-state index contributed by atoms with van der Waals surface area (Å²) >= 11 is 0. The van der Waals surface area contributed by atoms with Gasteiger partial charge in [-0.3, -0.25) is 32.5 Å². The lowest BCUT2D eigenvalue weighted by Crippen LogP contribution is -2.30. The Morgan fingerprint density at radius 2 is 0.445 bits per heavy atom. The van der Waals surface area contributed by atoms with Gasteiger partial charge in [-0.15, -0.1) is 0 Å². The van der Waals surface area contributed by atoms with Gasteiger partial charge in [0.1, 0.15) is 25.4 Å². The lowest BCUT2D eigenvalue weighted by molar-refractivity contribution is -0.161. The lowest BCUT2D eigenvalue weighted by Gasteiger charge is -2.21. The number of allylic oxidation sites excluding steroid dienone is 28. The van der Waals surface area contributed by atoms with Crippen molar-refractivity contribution in [3.05, 3.63) is 170 Å². The van der Waals surface area contributed by atoms with Crippen LogP contribution in [0, 0.1) is 0 Å². The smallest absolute Gasteiger partial charge is 0.463 e. The molecule has 0 aromatic carbocycles.